The van der Waals surface area contributed by atoms with Gasteiger partial charge in [-0.1, -0.05) is 16.4 Å². The number of aromatic nitrogens is 6. The largest absolute Gasteiger partial charge is 0.416 e. The number of benzene rings is 1. The topological polar surface area (TPSA) is 109 Å². The van der Waals surface area contributed by atoms with Crippen molar-refractivity contribution in [2.24, 2.45) is 0 Å². The Bertz CT molecular complexity index is 1090. The van der Waals surface area contributed by atoms with E-state index < -0.39 is 11.7 Å². The minimum atomic E-state index is -4.49. The highest BCUT2D eigenvalue weighted by Crippen LogP contribution is 2.31. The summed E-state index contributed by atoms with van der Waals surface area (Å²) in [6, 6.07) is 7.95. The first-order valence-corrected chi connectivity index (χ1v) is 7.57. The number of nitrogens with zero attached hydrogens (tertiary/aromatic N) is 6. The lowest BCUT2D eigenvalue weighted by molar-refractivity contribution is -0.137. The van der Waals surface area contributed by atoms with Gasteiger partial charge in [0.2, 0.25) is 5.82 Å². The van der Waals surface area contributed by atoms with Gasteiger partial charge in [-0.3, -0.25) is 4.98 Å². The van der Waals surface area contributed by atoms with Gasteiger partial charge in [0.25, 0.3) is 5.89 Å². The Kier molecular flexibility index (Phi) is 3.83. The van der Waals surface area contributed by atoms with E-state index in [-0.39, 0.29) is 23.1 Å². The van der Waals surface area contributed by atoms with E-state index in [9.17, 15) is 13.2 Å². The number of nitrogens with two attached hydrogens (primary N) is 1. The molecule has 1 aromatic carbocycles. The second kappa shape index (κ2) is 6.20. The Balaban J connectivity index is 1.71. The van der Waals surface area contributed by atoms with Crippen LogP contribution in [0.5, 0.6) is 0 Å². The third-order valence-corrected chi connectivity index (χ3v) is 3.69. The summed E-state index contributed by atoms with van der Waals surface area (Å²) >= 11 is 0. The third-order valence-electron chi connectivity index (χ3n) is 3.69. The predicted molar refractivity (Wildman–Crippen MR) is 87.3 cm³/mol. The summed E-state index contributed by atoms with van der Waals surface area (Å²) in [5.74, 6) is 0.261. The van der Waals surface area contributed by atoms with Crippen LogP contribution in [0.1, 0.15) is 5.56 Å². The monoisotopic (exact) mass is 373 g/mol. The molecule has 4 aromatic rings. The number of halogens is 3. The molecular formula is C16H10F3N7O. The second-order valence-electron chi connectivity index (χ2n) is 5.44. The SMILES string of the molecule is Nc1c(-c2nc(-c3ccncc3)no2)nnn1-c1cccc(C(F)(F)F)c1. The average Bonchev–Trinajstić information content (AvgIpc) is 3.28. The number of hydrogen-bond acceptors (Lipinski definition) is 7. The van der Waals surface area contributed by atoms with Crippen LogP contribution in [0, 0.1) is 0 Å². The summed E-state index contributed by atoms with van der Waals surface area (Å²) in [6.07, 6.45) is -1.34. The maximum Gasteiger partial charge on any atom is 0.416 e. The zero-order valence-electron chi connectivity index (χ0n) is 13.4. The minimum absolute atomic E-state index is 0.00228. The van der Waals surface area contributed by atoms with Crippen LogP contribution in [-0.4, -0.2) is 30.1 Å². The van der Waals surface area contributed by atoms with E-state index in [0.717, 1.165) is 16.8 Å². The maximum atomic E-state index is 12.9. The molecule has 0 amide bonds. The maximum absolute atomic E-state index is 12.9. The van der Waals surface area contributed by atoms with Crippen molar-refractivity contribution in [2.45, 2.75) is 6.18 Å². The second-order valence-corrected chi connectivity index (χ2v) is 5.44. The molecule has 0 radical (unpaired) electrons. The van der Waals surface area contributed by atoms with Crippen LogP contribution in [0.15, 0.2) is 53.3 Å². The lowest BCUT2D eigenvalue weighted by Gasteiger charge is -2.09. The van der Waals surface area contributed by atoms with Crippen molar-refractivity contribution in [3.8, 4) is 28.7 Å². The van der Waals surface area contributed by atoms with E-state index >= 15 is 0 Å². The van der Waals surface area contributed by atoms with Crippen LogP contribution >= 0.6 is 0 Å². The fourth-order valence-corrected chi connectivity index (χ4v) is 2.38. The lowest BCUT2D eigenvalue weighted by atomic mass is 10.2. The summed E-state index contributed by atoms with van der Waals surface area (Å²) in [4.78, 5) is 8.09. The summed E-state index contributed by atoms with van der Waals surface area (Å²) in [6.45, 7) is 0. The Labute approximate surface area is 149 Å². The van der Waals surface area contributed by atoms with Crippen molar-refractivity contribution in [1.82, 2.24) is 30.1 Å². The van der Waals surface area contributed by atoms with E-state index in [0.29, 0.717) is 11.4 Å². The zero-order chi connectivity index (χ0) is 19.0. The van der Waals surface area contributed by atoms with Crippen molar-refractivity contribution < 1.29 is 17.7 Å². The molecule has 0 atom stereocenters. The van der Waals surface area contributed by atoms with Gasteiger partial charge in [-0.05, 0) is 30.3 Å². The van der Waals surface area contributed by atoms with E-state index in [2.05, 4.69) is 25.4 Å². The Morgan fingerprint density at radius 1 is 1.07 bits per heavy atom. The smallest absolute Gasteiger partial charge is 0.382 e. The first-order valence-electron chi connectivity index (χ1n) is 7.57. The van der Waals surface area contributed by atoms with Crippen molar-refractivity contribution in [3.05, 3.63) is 54.4 Å². The molecule has 136 valence electrons. The Morgan fingerprint density at radius 2 is 1.85 bits per heavy atom. The molecule has 3 aromatic heterocycles. The van der Waals surface area contributed by atoms with Gasteiger partial charge in [0.05, 0.1) is 11.3 Å². The fourth-order valence-electron chi connectivity index (χ4n) is 2.38. The van der Waals surface area contributed by atoms with E-state index in [1.54, 1.807) is 24.5 Å². The molecule has 0 bridgehead atoms. The number of rotatable bonds is 3. The summed E-state index contributed by atoms with van der Waals surface area (Å²) in [7, 11) is 0. The Hall–Kier alpha value is -3.76. The zero-order valence-corrected chi connectivity index (χ0v) is 13.4. The molecule has 3 heterocycles. The van der Waals surface area contributed by atoms with Crippen molar-refractivity contribution >= 4 is 5.82 Å². The lowest BCUT2D eigenvalue weighted by Crippen LogP contribution is -2.08. The average molecular weight is 373 g/mol. The molecule has 4 rings (SSSR count). The summed E-state index contributed by atoms with van der Waals surface area (Å²) in [5, 5.41) is 11.5. The van der Waals surface area contributed by atoms with Crippen LogP contribution in [0.3, 0.4) is 0 Å². The first kappa shape index (κ1) is 16.7. The minimum Gasteiger partial charge on any atom is -0.382 e. The molecule has 0 aliphatic rings. The molecule has 0 saturated carbocycles. The molecule has 27 heavy (non-hydrogen) atoms. The molecule has 0 saturated heterocycles. The van der Waals surface area contributed by atoms with E-state index in [1.165, 1.54) is 12.1 Å². The van der Waals surface area contributed by atoms with Gasteiger partial charge in [0, 0.05) is 18.0 Å². The van der Waals surface area contributed by atoms with Crippen LogP contribution in [0.4, 0.5) is 19.0 Å². The third kappa shape index (κ3) is 3.10. The van der Waals surface area contributed by atoms with Gasteiger partial charge < -0.3 is 10.3 Å². The number of anilines is 1. The van der Waals surface area contributed by atoms with Gasteiger partial charge in [-0.25, -0.2) is 0 Å². The Morgan fingerprint density at radius 3 is 2.59 bits per heavy atom. The van der Waals surface area contributed by atoms with E-state index in [1.807, 2.05) is 0 Å². The number of hydrogen-bond donors (Lipinski definition) is 1. The quantitative estimate of drug-likeness (QED) is 0.588. The molecule has 2 N–H and O–H groups in total. The van der Waals surface area contributed by atoms with Crippen LogP contribution in [0.25, 0.3) is 28.7 Å². The molecule has 11 heteroatoms. The number of pyridine rings is 1. The number of alkyl halides is 3. The van der Waals surface area contributed by atoms with Gasteiger partial charge in [-0.2, -0.15) is 22.8 Å². The van der Waals surface area contributed by atoms with Crippen LogP contribution in [-0.2, 0) is 6.18 Å². The van der Waals surface area contributed by atoms with Crippen molar-refractivity contribution in [1.29, 1.82) is 0 Å². The van der Waals surface area contributed by atoms with Crippen LogP contribution < -0.4 is 5.73 Å². The van der Waals surface area contributed by atoms with Gasteiger partial charge in [0.15, 0.2) is 11.5 Å². The van der Waals surface area contributed by atoms with Crippen LogP contribution in [0.2, 0.25) is 0 Å². The molecule has 0 aliphatic carbocycles. The molecule has 0 spiro atoms. The molecule has 0 aliphatic heterocycles. The molecular weight excluding hydrogens is 363 g/mol. The highest BCUT2D eigenvalue weighted by atomic mass is 19.4. The highest BCUT2D eigenvalue weighted by molar-refractivity contribution is 5.66. The molecule has 0 fully saturated rings. The van der Waals surface area contributed by atoms with Gasteiger partial charge in [0.1, 0.15) is 0 Å². The van der Waals surface area contributed by atoms with Crippen molar-refractivity contribution in [2.75, 3.05) is 5.73 Å². The van der Waals surface area contributed by atoms with Crippen molar-refractivity contribution in [3.63, 3.8) is 0 Å². The molecule has 0 unspecified atom stereocenters. The van der Waals surface area contributed by atoms with Gasteiger partial charge in [-0.15, -0.1) is 5.10 Å². The normalized spacial score (nSPS) is 11.7. The fraction of sp³-hybridized carbons (Fsp3) is 0.0625. The first-order chi connectivity index (χ1) is 12.9. The number of nitrogen functional groups attached to an aromatic ring is 1. The predicted octanol–water partition coefficient (Wildman–Crippen LogP) is 2.98. The molecule has 8 nitrogen and oxygen atoms in total. The summed E-state index contributed by atoms with van der Waals surface area (Å²) in [5.41, 5.74) is 6.01. The standard InChI is InChI=1S/C16H10F3N7O/c17-16(18,19)10-2-1-3-11(8-10)26-13(20)12(23-25-26)15-22-14(24-27-15)9-4-6-21-7-5-9/h1-8H,20H2. The van der Waals surface area contributed by atoms with Gasteiger partial charge >= 0.3 is 6.18 Å². The highest BCUT2D eigenvalue weighted by Gasteiger charge is 2.31. The van der Waals surface area contributed by atoms with E-state index in [4.69, 9.17) is 10.3 Å². The summed E-state index contributed by atoms with van der Waals surface area (Å²) < 4.78 is 44.9.